The predicted octanol–water partition coefficient (Wildman–Crippen LogP) is 2.69. The molecule has 1 aromatic rings. The highest BCUT2D eigenvalue weighted by Gasteiger charge is 2.28. The van der Waals surface area contributed by atoms with Crippen molar-refractivity contribution in [1.82, 2.24) is 15.5 Å². The van der Waals surface area contributed by atoms with E-state index in [4.69, 9.17) is 4.74 Å². The number of benzene rings is 1. The van der Waals surface area contributed by atoms with Gasteiger partial charge in [0.15, 0.2) is 0 Å². The number of carbonyl (C=O) groups excluding carboxylic acids is 2. The van der Waals surface area contributed by atoms with Gasteiger partial charge in [0.1, 0.15) is 6.61 Å². The van der Waals surface area contributed by atoms with E-state index in [2.05, 4.69) is 10.6 Å². The number of carbonyl (C=O) groups is 2. The highest BCUT2D eigenvalue weighted by Crippen LogP contribution is 2.15. The lowest BCUT2D eigenvalue weighted by Gasteiger charge is -2.18. The Balaban J connectivity index is 1.99. The van der Waals surface area contributed by atoms with Gasteiger partial charge >= 0.3 is 12.3 Å². The van der Waals surface area contributed by atoms with Crippen LogP contribution in [-0.4, -0.2) is 56.3 Å². The summed E-state index contributed by atoms with van der Waals surface area (Å²) in [5.74, 6) is -0.201. The molecular formula is C18H26F3N3O3. The summed E-state index contributed by atoms with van der Waals surface area (Å²) in [5, 5.41) is 5.20. The van der Waals surface area contributed by atoms with Crippen molar-refractivity contribution in [2.75, 3.05) is 33.2 Å². The fraction of sp³-hybridized carbons (Fsp3) is 0.556. The van der Waals surface area contributed by atoms with Crippen LogP contribution in [0.2, 0.25) is 0 Å². The van der Waals surface area contributed by atoms with E-state index in [1.807, 2.05) is 30.3 Å². The number of ether oxygens (including phenoxy) is 1. The zero-order valence-corrected chi connectivity index (χ0v) is 15.3. The van der Waals surface area contributed by atoms with Gasteiger partial charge in [-0.3, -0.25) is 9.69 Å². The van der Waals surface area contributed by atoms with Crippen LogP contribution in [0.25, 0.3) is 0 Å². The lowest BCUT2D eigenvalue weighted by molar-refractivity contribution is -0.143. The molecule has 0 bridgehead atoms. The van der Waals surface area contributed by atoms with Crippen LogP contribution in [0.1, 0.15) is 24.8 Å². The van der Waals surface area contributed by atoms with Crippen molar-refractivity contribution in [3.05, 3.63) is 35.9 Å². The third kappa shape index (κ3) is 12.7. The quantitative estimate of drug-likeness (QED) is 0.571. The number of rotatable bonds is 11. The molecule has 0 saturated carbocycles. The van der Waals surface area contributed by atoms with Crippen molar-refractivity contribution >= 4 is 12.0 Å². The summed E-state index contributed by atoms with van der Waals surface area (Å²) in [6.45, 7) is 0.0699. The topological polar surface area (TPSA) is 70.7 Å². The standard InChI is InChI=1S/C18H26F3N3O3/c1-24(14-18(19,20)21)12-6-11-22-16(25)9-5-10-23-17(26)27-13-15-7-3-2-4-8-15/h2-4,7-8H,5-6,9-14H2,1H3,(H,22,25)(H,23,26). The van der Waals surface area contributed by atoms with Gasteiger partial charge in [-0.05, 0) is 32.0 Å². The number of hydrogen-bond donors (Lipinski definition) is 2. The zero-order chi connectivity index (χ0) is 20.1. The molecule has 0 atom stereocenters. The number of alkyl carbamates (subject to hydrolysis) is 1. The second-order valence-electron chi connectivity index (χ2n) is 6.15. The third-order valence-corrected chi connectivity index (χ3v) is 3.55. The summed E-state index contributed by atoms with van der Waals surface area (Å²) < 4.78 is 41.5. The summed E-state index contributed by atoms with van der Waals surface area (Å²) >= 11 is 0. The Bertz CT molecular complexity index is 568. The van der Waals surface area contributed by atoms with Crippen LogP contribution in [0, 0.1) is 0 Å². The minimum Gasteiger partial charge on any atom is -0.445 e. The van der Waals surface area contributed by atoms with Crippen LogP contribution >= 0.6 is 0 Å². The van der Waals surface area contributed by atoms with E-state index in [9.17, 15) is 22.8 Å². The van der Waals surface area contributed by atoms with Crippen molar-refractivity contribution in [3.63, 3.8) is 0 Å². The molecule has 27 heavy (non-hydrogen) atoms. The number of hydrogen-bond acceptors (Lipinski definition) is 4. The molecule has 0 fully saturated rings. The Hall–Kier alpha value is -2.29. The second kappa shape index (κ2) is 12.2. The van der Waals surface area contributed by atoms with Gasteiger partial charge in [-0.15, -0.1) is 0 Å². The molecule has 6 nitrogen and oxygen atoms in total. The van der Waals surface area contributed by atoms with Crippen LogP contribution < -0.4 is 10.6 Å². The maximum absolute atomic E-state index is 12.2. The smallest absolute Gasteiger partial charge is 0.407 e. The predicted molar refractivity (Wildman–Crippen MR) is 95.0 cm³/mol. The fourth-order valence-corrected chi connectivity index (χ4v) is 2.26. The largest absolute Gasteiger partial charge is 0.445 e. The molecule has 1 aromatic carbocycles. The number of halogens is 3. The van der Waals surface area contributed by atoms with Gasteiger partial charge in [0.25, 0.3) is 0 Å². The van der Waals surface area contributed by atoms with Crippen molar-refractivity contribution in [2.45, 2.75) is 32.0 Å². The highest BCUT2D eigenvalue weighted by atomic mass is 19.4. The van der Waals surface area contributed by atoms with Crippen LogP contribution in [0.3, 0.4) is 0 Å². The molecule has 2 amide bonds. The van der Waals surface area contributed by atoms with Gasteiger partial charge in [0.05, 0.1) is 6.54 Å². The lowest BCUT2D eigenvalue weighted by Crippen LogP contribution is -2.34. The summed E-state index contributed by atoms with van der Waals surface area (Å²) in [6, 6.07) is 9.26. The van der Waals surface area contributed by atoms with Crippen LogP contribution in [0.4, 0.5) is 18.0 Å². The first-order chi connectivity index (χ1) is 12.8. The second-order valence-corrected chi connectivity index (χ2v) is 6.15. The van der Waals surface area contributed by atoms with Gasteiger partial charge in [0, 0.05) is 19.5 Å². The summed E-state index contributed by atoms with van der Waals surface area (Å²) in [6.07, 6.45) is -3.67. The Labute approximate surface area is 157 Å². The molecular weight excluding hydrogens is 363 g/mol. The molecule has 0 heterocycles. The number of nitrogens with one attached hydrogen (secondary N) is 2. The molecule has 9 heteroatoms. The Morgan fingerprint density at radius 2 is 1.74 bits per heavy atom. The molecule has 0 aromatic heterocycles. The fourth-order valence-electron chi connectivity index (χ4n) is 2.26. The van der Waals surface area contributed by atoms with Gasteiger partial charge in [0.2, 0.25) is 5.91 Å². The molecule has 1 rings (SSSR count). The molecule has 0 aliphatic rings. The monoisotopic (exact) mass is 389 g/mol. The van der Waals surface area contributed by atoms with E-state index in [1.165, 1.54) is 7.05 Å². The minimum atomic E-state index is -4.22. The van der Waals surface area contributed by atoms with Crippen LogP contribution in [0.15, 0.2) is 30.3 Å². The molecule has 152 valence electrons. The molecule has 0 spiro atoms. The maximum Gasteiger partial charge on any atom is 0.407 e. The SMILES string of the molecule is CN(CCCNC(=O)CCCNC(=O)OCc1ccccc1)CC(F)(F)F. The van der Waals surface area contributed by atoms with Crippen molar-refractivity contribution < 1.29 is 27.5 Å². The molecule has 2 N–H and O–H groups in total. The number of amides is 2. The minimum absolute atomic E-state index is 0.177. The van der Waals surface area contributed by atoms with Gasteiger partial charge in [-0.25, -0.2) is 4.79 Å². The Morgan fingerprint density at radius 1 is 1.07 bits per heavy atom. The van der Waals surface area contributed by atoms with Crippen LogP contribution in [-0.2, 0) is 16.1 Å². The van der Waals surface area contributed by atoms with Crippen molar-refractivity contribution in [3.8, 4) is 0 Å². The average molecular weight is 389 g/mol. The van der Waals surface area contributed by atoms with Gasteiger partial charge in [-0.1, -0.05) is 30.3 Å². The first-order valence-corrected chi connectivity index (χ1v) is 8.73. The van der Waals surface area contributed by atoms with Gasteiger partial charge < -0.3 is 15.4 Å². The van der Waals surface area contributed by atoms with E-state index in [-0.39, 0.29) is 25.5 Å². The van der Waals surface area contributed by atoms with E-state index >= 15 is 0 Å². The normalized spacial score (nSPS) is 11.3. The van der Waals surface area contributed by atoms with Gasteiger partial charge in [-0.2, -0.15) is 13.2 Å². The van der Waals surface area contributed by atoms with E-state index < -0.39 is 18.8 Å². The molecule has 0 radical (unpaired) electrons. The van der Waals surface area contributed by atoms with Crippen molar-refractivity contribution in [2.24, 2.45) is 0 Å². The van der Waals surface area contributed by atoms with E-state index in [1.54, 1.807) is 0 Å². The first-order valence-electron chi connectivity index (χ1n) is 8.73. The zero-order valence-electron chi connectivity index (χ0n) is 15.3. The number of nitrogens with zero attached hydrogens (tertiary/aromatic N) is 1. The molecule has 0 aliphatic heterocycles. The summed E-state index contributed by atoms with van der Waals surface area (Å²) in [5.41, 5.74) is 0.882. The van der Waals surface area contributed by atoms with Crippen molar-refractivity contribution in [1.29, 1.82) is 0 Å². The summed E-state index contributed by atoms with van der Waals surface area (Å²) in [4.78, 5) is 24.3. The Kier molecular flexibility index (Phi) is 10.2. The van der Waals surface area contributed by atoms with Crippen LogP contribution in [0.5, 0.6) is 0 Å². The Morgan fingerprint density at radius 3 is 2.41 bits per heavy atom. The molecule has 0 unspecified atom stereocenters. The third-order valence-electron chi connectivity index (χ3n) is 3.55. The van der Waals surface area contributed by atoms with E-state index in [0.717, 1.165) is 10.5 Å². The highest BCUT2D eigenvalue weighted by molar-refractivity contribution is 5.75. The number of alkyl halides is 3. The summed E-state index contributed by atoms with van der Waals surface area (Å²) in [7, 11) is 1.39. The lowest BCUT2D eigenvalue weighted by atomic mass is 10.2. The molecule has 0 aliphatic carbocycles. The maximum atomic E-state index is 12.2. The van der Waals surface area contributed by atoms with E-state index in [0.29, 0.717) is 25.9 Å². The first kappa shape index (κ1) is 22.8. The average Bonchev–Trinajstić information content (AvgIpc) is 2.60. The molecule has 0 saturated heterocycles.